The zero-order valence-corrected chi connectivity index (χ0v) is 21.0. The molecule has 0 bridgehead atoms. The lowest BCUT2D eigenvalue weighted by Gasteiger charge is -2.13. The normalized spacial score (nSPS) is 14.5. The summed E-state index contributed by atoms with van der Waals surface area (Å²) in [6.07, 6.45) is 0. The molecule has 4 aromatic rings. The van der Waals surface area contributed by atoms with Crippen molar-refractivity contribution in [1.29, 1.82) is 0 Å². The Morgan fingerprint density at radius 2 is 1.21 bits per heavy atom. The van der Waals surface area contributed by atoms with Gasteiger partial charge in [0.2, 0.25) is 0 Å². The van der Waals surface area contributed by atoms with E-state index in [2.05, 4.69) is 80.2 Å². The summed E-state index contributed by atoms with van der Waals surface area (Å²) in [4.78, 5) is 26.8. The van der Waals surface area contributed by atoms with Crippen LogP contribution in [0.3, 0.4) is 0 Å². The van der Waals surface area contributed by atoms with E-state index >= 15 is 0 Å². The average molecular weight is 454 g/mol. The van der Waals surface area contributed by atoms with E-state index in [1.54, 1.807) is 14.0 Å². The molecule has 174 valence electrons. The number of nitrogens with zero attached hydrogens (tertiary/aromatic N) is 3. The number of amides is 2. The molecule has 0 radical (unpaired) electrons. The minimum absolute atomic E-state index is 0.215. The number of likely N-dealkylation sites (N-methyl/N-ethyl adjacent to an activating group) is 1. The Morgan fingerprint density at radius 3 is 1.76 bits per heavy atom. The van der Waals surface area contributed by atoms with E-state index in [1.807, 2.05) is 0 Å². The summed E-state index contributed by atoms with van der Waals surface area (Å²) in [6, 6.07) is 13.0. The lowest BCUT2D eigenvalue weighted by molar-refractivity contribution is -0.135. The second kappa shape index (κ2) is 7.73. The van der Waals surface area contributed by atoms with Gasteiger partial charge in [-0.05, 0) is 71.4 Å². The zero-order valence-electron chi connectivity index (χ0n) is 21.0. The number of aryl methyl sites for hydroxylation is 5. The molecule has 1 aliphatic heterocycles. The molecular weight excluding hydrogens is 422 g/mol. The van der Waals surface area contributed by atoms with Crippen LogP contribution in [0.2, 0.25) is 0 Å². The molecule has 5 rings (SSSR count). The minimum atomic E-state index is -0.218. The molecule has 0 unspecified atom stereocenters. The summed E-state index contributed by atoms with van der Waals surface area (Å²) < 4.78 is 4.70. The fourth-order valence-electron chi connectivity index (χ4n) is 5.52. The van der Waals surface area contributed by atoms with E-state index in [9.17, 15) is 9.59 Å². The van der Waals surface area contributed by atoms with Crippen LogP contribution in [0.15, 0.2) is 42.0 Å². The standard InChI is InChI=1S/C29H31N3O2/c1-16-8-10-24-22(14-16)18(3)20(5)31(24)12-13-32-21(6)27(23-15-17(2)9-11-25(23)32)26-19(4)28(33)30(7)29(26)34/h8-11,14-15H,12-13H2,1-7H3. The molecule has 0 saturated carbocycles. The van der Waals surface area contributed by atoms with Crippen molar-refractivity contribution in [3.63, 3.8) is 0 Å². The molecule has 2 amide bonds. The van der Waals surface area contributed by atoms with Crippen LogP contribution in [0.1, 0.15) is 40.6 Å². The molecule has 0 spiro atoms. The Hall–Kier alpha value is -3.60. The second-order valence-corrected chi connectivity index (χ2v) is 9.68. The Balaban J connectivity index is 1.65. The van der Waals surface area contributed by atoms with Crippen LogP contribution in [0.5, 0.6) is 0 Å². The molecule has 5 heteroatoms. The fourth-order valence-corrected chi connectivity index (χ4v) is 5.52. The Labute approximate surface area is 200 Å². The van der Waals surface area contributed by atoms with Gasteiger partial charge in [0.25, 0.3) is 11.8 Å². The molecule has 2 aromatic carbocycles. The number of carbonyl (C=O) groups is 2. The molecule has 0 saturated heterocycles. The summed E-state index contributed by atoms with van der Waals surface area (Å²) in [5, 5.41) is 2.34. The number of fused-ring (bicyclic) bond motifs is 2. The van der Waals surface area contributed by atoms with Crippen molar-refractivity contribution in [2.24, 2.45) is 0 Å². The molecule has 3 heterocycles. The highest BCUT2D eigenvalue weighted by Gasteiger charge is 2.36. The number of carbonyl (C=O) groups excluding carboxylic acids is 2. The van der Waals surface area contributed by atoms with Gasteiger partial charge >= 0.3 is 0 Å². The van der Waals surface area contributed by atoms with Crippen molar-refractivity contribution in [1.82, 2.24) is 14.0 Å². The first kappa shape index (κ1) is 22.2. The van der Waals surface area contributed by atoms with Crippen LogP contribution >= 0.6 is 0 Å². The lowest BCUT2D eigenvalue weighted by Crippen LogP contribution is -2.26. The van der Waals surface area contributed by atoms with Crippen LogP contribution < -0.4 is 0 Å². The Kier molecular flexibility index (Phi) is 5.05. The Bertz CT molecular complexity index is 1560. The van der Waals surface area contributed by atoms with E-state index in [1.165, 1.54) is 32.6 Å². The van der Waals surface area contributed by atoms with Crippen LogP contribution in [-0.2, 0) is 22.7 Å². The zero-order chi connectivity index (χ0) is 24.5. The van der Waals surface area contributed by atoms with Crippen LogP contribution in [0.4, 0.5) is 0 Å². The van der Waals surface area contributed by atoms with E-state index in [-0.39, 0.29) is 11.8 Å². The number of hydrogen-bond donors (Lipinski definition) is 0. The molecule has 5 nitrogen and oxygen atoms in total. The van der Waals surface area contributed by atoms with Gasteiger partial charge in [-0.1, -0.05) is 23.3 Å². The monoisotopic (exact) mass is 453 g/mol. The van der Waals surface area contributed by atoms with E-state index in [4.69, 9.17) is 0 Å². The maximum atomic E-state index is 13.1. The van der Waals surface area contributed by atoms with Crippen molar-refractivity contribution >= 4 is 39.2 Å². The van der Waals surface area contributed by atoms with Gasteiger partial charge in [-0.15, -0.1) is 0 Å². The molecule has 0 aliphatic carbocycles. The fraction of sp³-hybridized carbons (Fsp3) is 0.310. The first-order chi connectivity index (χ1) is 16.1. The largest absolute Gasteiger partial charge is 0.343 e. The van der Waals surface area contributed by atoms with Gasteiger partial charge in [0.15, 0.2) is 0 Å². The summed E-state index contributed by atoms with van der Waals surface area (Å²) in [5.74, 6) is -0.433. The van der Waals surface area contributed by atoms with E-state index in [0.717, 1.165) is 40.8 Å². The maximum absolute atomic E-state index is 13.1. The predicted octanol–water partition coefficient (Wildman–Crippen LogP) is 5.61. The summed E-state index contributed by atoms with van der Waals surface area (Å²) >= 11 is 0. The summed E-state index contributed by atoms with van der Waals surface area (Å²) in [5.41, 5.74) is 10.3. The van der Waals surface area contributed by atoms with Gasteiger partial charge in [0.1, 0.15) is 0 Å². The quantitative estimate of drug-likeness (QED) is 0.377. The van der Waals surface area contributed by atoms with Gasteiger partial charge in [-0.2, -0.15) is 0 Å². The molecule has 0 N–H and O–H groups in total. The number of benzene rings is 2. The molecule has 1 aliphatic rings. The highest BCUT2D eigenvalue weighted by molar-refractivity contribution is 6.37. The predicted molar refractivity (Wildman–Crippen MR) is 138 cm³/mol. The first-order valence-corrected chi connectivity index (χ1v) is 11.8. The molecule has 2 aromatic heterocycles. The van der Waals surface area contributed by atoms with Gasteiger partial charge < -0.3 is 9.13 Å². The van der Waals surface area contributed by atoms with Crippen molar-refractivity contribution in [3.05, 3.63) is 75.6 Å². The van der Waals surface area contributed by atoms with Crippen LogP contribution in [0.25, 0.3) is 27.4 Å². The van der Waals surface area contributed by atoms with E-state index in [0.29, 0.717) is 11.1 Å². The van der Waals surface area contributed by atoms with E-state index < -0.39 is 0 Å². The lowest BCUT2D eigenvalue weighted by atomic mass is 9.98. The molecular formula is C29H31N3O2. The number of aromatic nitrogens is 2. The van der Waals surface area contributed by atoms with Crippen molar-refractivity contribution in [2.45, 2.75) is 54.6 Å². The molecule has 0 atom stereocenters. The summed E-state index contributed by atoms with van der Waals surface area (Å²) in [7, 11) is 1.56. The topological polar surface area (TPSA) is 47.2 Å². The number of rotatable bonds is 4. The number of hydrogen-bond acceptors (Lipinski definition) is 2. The van der Waals surface area contributed by atoms with Crippen molar-refractivity contribution < 1.29 is 9.59 Å². The SMILES string of the molecule is CC1=C(c2c(C)n(CCn3c(C)c(C)c4cc(C)ccc43)c3ccc(C)cc23)C(=O)N(C)C1=O. The minimum Gasteiger partial charge on any atom is -0.343 e. The van der Waals surface area contributed by atoms with Gasteiger partial charge in [-0.3, -0.25) is 14.5 Å². The highest BCUT2D eigenvalue weighted by Crippen LogP contribution is 2.38. The van der Waals surface area contributed by atoms with Crippen molar-refractivity contribution in [3.8, 4) is 0 Å². The van der Waals surface area contributed by atoms with Crippen LogP contribution in [-0.4, -0.2) is 32.9 Å². The molecule has 34 heavy (non-hydrogen) atoms. The van der Waals surface area contributed by atoms with Gasteiger partial charge in [-0.25, -0.2) is 0 Å². The molecule has 0 fully saturated rings. The third-order valence-electron chi connectivity index (χ3n) is 7.59. The number of imide groups is 1. The summed E-state index contributed by atoms with van der Waals surface area (Å²) in [6.45, 7) is 14.0. The van der Waals surface area contributed by atoms with Crippen molar-refractivity contribution in [2.75, 3.05) is 7.05 Å². The van der Waals surface area contributed by atoms with Gasteiger partial charge in [0, 0.05) is 64.5 Å². The third kappa shape index (κ3) is 3.07. The first-order valence-electron chi connectivity index (χ1n) is 11.8. The third-order valence-corrected chi connectivity index (χ3v) is 7.59. The smallest absolute Gasteiger partial charge is 0.261 e. The van der Waals surface area contributed by atoms with Crippen LogP contribution in [0, 0.1) is 34.6 Å². The second-order valence-electron chi connectivity index (χ2n) is 9.68. The van der Waals surface area contributed by atoms with Gasteiger partial charge in [0.05, 0.1) is 5.57 Å². The Morgan fingerprint density at radius 1 is 0.676 bits per heavy atom. The average Bonchev–Trinajstić information content (AvgIpc) is 3.28. The highest BCUT2D eigenvalue weighted by atomic mass is 16.2. The maximum Gasteiger partial charge on any atom is 0.261 e.